The van der Waals surface area contributed by atoms with Gasteiger partial charge in [0.15, 0.2) is 0 Å². The number of hydrogen-bond acceptors (Lipinski definition) is 2. The van der Waals surface area contributed by atoms with Gasteiger partial charge < -0.3 is 10.6 Å². The van der Waals surface area contributed by atoms with Crippen LogP contribution in [-0.2, 0) is 0 Å². The third kappa shape index (κ3) is 5.52. The van der Waals surface area contributed by atoms with Crippen LogP contribution in [0.25, 0.3) is 0 Å². The van der Waals surface area contributed by atoms with E-state index in [0.29, 0.717) is 5.56 Å². The summed E-state index contributed by atoms with van der Waals surface area (Å²) in [5.74, 6) is -1.38. The van der Waals surface area contributed by atoms with Gasteiger partial charge in [-0.2, -0.15) is 26.3 Å². The molecule has 1 amide bonds. The van der Waals surface area contributed by atoms with Gasteiger partial charge >= 0.3 is 12.4 Å². The van der Waals surface area contributed by atoms with E-state index < -0.39 is 31.3 Å². The number of halogens is 6. The summed E-state index contributed by atoms with van der Waals surface area (Å²) in [6, 6.07) is 3.53. The first-order valence-electron chi connectivity index (χ1n) is 5.68. The number of alkyl halides is 6. The van der Waals surface area contributed by atoms with Crippen molar-refractivity contribution in [2.24, 2.45) is 0 Å². The van der Waals surface area contributed by atoms with Crippen LogP contribution in [0.4, 0.5) is 32.0 Å². The van der Waals surface area contributed by atoms with E-state index in [2.05, 4.69) is 0 Å². The molecule has 2 N–H and O–H groups in total. The van der Waals surface area contributed by atoms with Gasteiger partial charge in [-0.15, -0.1) is 0 Å². The monoisotopic (exact) mass is 314 g/mol. The van der Waals surface area contributed by atoms with Crippen molar-refractivity contribution >= 4 is 11.6 Å². The summed E-state index contributed by atoms with van der Waals surface area (Å²) in [4.78, 5) is 11.5. The molecule has 1 aromatic carbocycles. The number of carbonyl (C=O) groups is 1. The second-order valence-corrected chi connectivity index (χ2v) is 4.46. The van der Waals surface area contributed by atoms with Crippen molar-refractivity contribution < 1.29 is 31.1 Å². The molecule has 1 rings (SSSR count). The number of nitrogen functional groups attached to an aromatic ring is 1. The summed E-state index contributed by atoms with van der Waals surface area (Å²) in [5.41, 5.74) is 5.84. The van der Waals surface area contributed by atoms with Gasteiger partial charge in [-0.25, -0.2) is 0 Å². The molecule has 0 aliphatic rings. The molecule has 1 aromatic rings. The standard InChI is InChI=1S/C12H12F6N2O/c1-7-2-3-8(4-9(7)19)10(21)20(5-11(13,14)15)6-12(16,17)18/h2-4H,5-6,19H2,1H3. The van der Waals surface area contributed by atoms with Crippen molar-refractivity contribution in [2.45, 2.75) is 19.3 Å². The minimum Gasteiger partial charge on any atom is -0.398 e. The molecule has 0 atom stereocenters. The number of nitrogens with two attached hydrogens (primary N) is 1. The second-order valence-electron chi connectivity index (χ2n) is 4.46. The fraction of sp³-hybridized carbons (Fsp3) is 0.417. The van der Waals surface area contributed by atoms with Crippen molar-refractivity contribution in [3.8, 4) is 0 Å². The van der Waals surface area contributed by atoms with Crippen molar-refractivity contribution in [2.75, 3.05) is 18.8 Å². The van der Waals surface area contributed by atoms with Crippen molar-refractivity contribution in [3.05, 3.63) is 29.3 Å². The Morgan fingerprint density at radius 1 is 1.10 bits per heavy atom. The van der Waals surface area contributed by atoms with Crippen LogP contribution in [0.2, 0.25) is 0 Å². The minimum atomic E-state index is -4.93. The largest absolute Gasteiger partial charge is 0.406 e. The molecule has 0 aromatic heterocycles. The Kier molecular flexibility index (Phi) is 4.75. The van der Waals surface area contributed by atoms with Gasteiger partial charge in [0.05, 0.1) is 0 Å². The molecule has 0 bridgehead atoms. The number of carbonyl (C=O) groups excluding carboxylic acids is 1. The van der Waals surface area contributed by atoms with E-state index in [9.17, 15) is 31.1 Å². The molecule has 0 heterocycles. The fourth-order valence-electron chi connectivity index (χ4n) is 1.59. The van der Waals surface area contributed by atoms with Gasteiger partial charge in [0.25, 0.3) is 5.91 Å². The maximum absolute atomic E-state index is 12.3. The maximum atomic E-state index is 12.3. The van der Waals surface area contributed by atoms with Crippen LogP contribution in [0, 0.1) is 6.92 Å². The lowest BCUT2D eigenvalue weighted by Gasteiger charge is -2.25. The lowest BCUT2D eigenvalue weighted by molar-refractivity contribution is -0.171. The van der Waals surface area contributed by atoms with E-state index in [1.165, 1.54) is 6.07 Å². The molecule has 0 aliphatic carbocycles. The second kappa shape index (κ2) is 5.82. The number of rotatable bonds is 3. The highest BCUT2D eigenvalue weighted by molar-refractivity contribution is 5.95. The molecular formula is C12H12F6N2O. The first-order chi connectivity index (χ1) is 9.39. The molecule has 3 nitrogen and oxygen atoms in total. The van der Waals surface area contributed by atoms with Crippen LogP contribution >= 0.6 is 0 Å². The highest BCUT2D eigenvalue weighted by Gasteiger charge is 2.39. The van der Waals surface area contributed by atoms with Gasteiger partial charge in [0, 0.05) is 11.3 Å². The fourth-order valence-corrected chi connectivity index (χ4v) is 1.59. The van der Waals surface area contributed by atoms with Crippen molar-refractivity contribution in [3.63, 3.8) is 0 Å². The van der Waals surface area contributed by atoms with Gasteiger partial charge in [-0.05, 0) is 24.6 Å². The van der Waals surface area contributed by atoms with Gasteiger partial charge in [-0.3, -0.25) is 4.79 Å². The van der Waals surface area contributed by atoms with Gasteiger partial charge in [0.1, 0.15) is 13.1 Å². The lowest BCUT2D eigenvalue weighted by atomic mass is 10.1. The molecule has 0 unspecified atom stereocenters. The van der Waals surface area contributed by atoms with Crippen LogP contribution in [0.3, 0.4) is 0 Å². The van der Waals surface area contributed by atoms with E-state index in [0.717, 1.165) is 12.1 Å². The highest BCUT2D eigenvalue weighted by atomic mass is 19.4. The zero-order valence-corrected chi connectivity index (χ0v) is 10.8. The minimum absolute atomic E-state index is 0.111. The summed E-state index contributed by atoms with van der Waals surface area (Å²) in [7, 11) is 0. The Balaban J connectivity index is 3.06. The molecule has 21 heavy (non-hydrogen) atoms. The zero-order valence-electron chi connectivity index (χ0n) is 10.8. The van der Waals surface area contributed by atoms with Gasteiger partial charge in [-0.1, -0.05) is 6.07 Å². The Bertz CT molecular complexity index is 507. The quantitative estimate of drug-likeness (QED) is 0.688. The molecular weight excluding hydrogens is 302 g/mol. The van der Waals surface area contributed by atoms with Crippen LogP contribution in [0.15, 0.2) is 18.2 Å². The number of nitrogens with zero attached hydrogens (tertiary/aromatic N) is 1. The van der Waals surface area contributed by atoms with E-state index in [1.54, 1.807) is 6.92 Å². The van der Waals surface area contributed by atoms with Crippen molar-refractivity contribution in [1.82, 2.24) is 4.90 Å². The maximum Gasteiger partial charge on any atom is 0.406 e. The predicted octanol–water partition coefficient (Wildman–Crippen LogP) is 3.14. The van der Waals surface area contributed by atoms with Crippen LogP contribution in [-0.4, -0.2) is 36.2 Å². The third-order valence-electron chi connectivity index (χ3n) is 2.55. The van der Waals surface area contributed by atoms with E-state index in [4.69, 9.17) is 5.73 Å². The summed E-state index contributed by atoms with van der Waals surface area (Å²) in [6.45, 7) is -2.38. The van der Waals surface area contributed by atoms with Crippen molar-refractivity contribution in [1.29, 1.82) is 0 Å². The van der Waals surface area contributed by atoms with Gasteiger partial charge in [0.2, 0.25) is 0 Å². The molecule has 0 radical (unpaired) electrons. The summed E-state index contributed by atoms with van der Waals surface area (Å²) in [5, 5.41) is 0. The van der Waals surface area contributed by atoms with E-state index in [-0.39, 0.29) is 16.2 Å². The molecule has 0 saturated carbocycles. The SMILES string of the molecule is Cc1ccc(C(=O)N(CC(F)(F)F)CC(F)(F)F)cc1N. The Hall–Kier alpha value is -1.93. The van der Waals surface area contributed by atoms with Crippen LogP contribution in [0.1, 0.15) is 15.9 Å². The molecule has 9 heteroatoms. The molecule has 0 aliphatic heterocycles. The van der Waals surface area contributed by atoms with E-state index >= 15 is 0 Å². The average Bonchev–Trinajstić information content (AvgIpc) is 2.27. The zero-order chi connectivity index (χ0) is 16.4. The highest BCUT2D eigenvalue weighted by Crippen LogP contribution is 2.24. The molecule has 0 saturated heterocycles. The van der Waals surface area contributed by atoms with Crippen LogP contribution < -0.4 is 5.73 Å². The predicted molar refractivity (Wildman–Crippen MR) is 63.6 cm³/mol. The molecule has 118 valence electrons. The topological polar surface area (TPSA) is 46.3 Å². The number of benzene rings is 1. The number of amides is 1. The summed E-state index contributed by atoms with van der Waals surface area (Å²) < 4.78 is 73.9. The molecule has 0 spiro atoms. The van der Waals surface area contributed by atoms with E-state index in [1.807, 2.05) is 0 Å². The Labute approximate surface area is 116 Å². The smallest absolute Gasteiger partial charge is 0.398 e. The summed E-state index contributed by atoms with van der Waals surface area (Å²) >= 11 is 0. The first kappa shape index (κ1) is 17.1. The Morgan fingerprint density at radius 2 is 1.57 bits per heavy atom. The number of aryl methyl sites for hydroxylation is 1. The first-order valence-corrected chi connectivity index (χ1v) is 5.68. The average molecular weight is 314 g/mol. The van der Waals surface area contributed by atoms with Crippen LogP contribution in [0.5, 0.6) is 0 Å². The lowest BCUT2D eigenvalue weighted by Crippen LogP contribution is -2.44. The summed E-state index contributed by atoms with van der Waals surface area (Å²) in [6.07, 6.45) is -9.87. The number of anilines is 1. The number of hydrogen-bond donors (Lipinski definition) is 1. The Morgan fingerprint density at radius 3 is 1.95 bits per heavy atom. The third-order valence-corrected chi connectivity index (χ3v) is 2.55. The normalized spacial score (nSPS) is 12.3. The molecule has 0 fully saturated rings.